The van der Waals surface area contributed by atoms with Crippen LogP contribution in [0.4, 0.5) is 4.39 Å². The molecule has 1 aromatic carbocycles. The Balaban J connectivity index is 2.40. The number of nitrogens with zero attached hydrogens (tertiary/aromatic N) is 2. The van der Waals surface area contributed by atoms with E-state index >= 15 is 0 Å². The molecule has 0 aliphatic heterocycles. The van der Waals surface area contributed by atoms with Crippen LogP contribution in [-0.2, 0) is 13.5 Å². The van der Waals surface area contributed by atoms with Crippen molar-refractivity contribution >= 4 is 0 Å². The highest BCUT2D eigenvalue weighted by atomic mass is 19.1. The van der Waals surface area contributed by atoms with Gasteiger partial charge in [0.15, 0.2) is 0 Å². The van der Waals surface area contributed by atoms with Gasteiger partial charge in [-0.3, -0.25) is 4.68 Å². The molecule has 0 spiro atoms. The van der Waals surface area contributed by atoms with Crippen molar-refractivity contribution in [2.75, 3.05) is 0 Å². The predicted octanol–water partition coefficient (Wildman–Crippen LogP) is 2.17. The summed E-state index contributed by atoms with van der Waals surface area (Å²) in [5.41, 5.74) is 8.38. The van der Waals surface area contributed by atoms with Crippen LogP contribution in [-0.4, -0.2) is 9.78 Å². The minimum absolute atomic E-state index is 0.278. The van der Waals surface area contributed by atoms with Crippen molar-refractivity contribution in [3.8, 4) is 0 Å². The van der Waals surface area contributed by atoms with Crippen LogP contribution in [0.3, 0.4) is 0 Å². The largest absolute Gasteiger partial charge is 0.319 e. The molecule has 0 radical (unpaired) electrons. The highest BCUT2D eigenvalue weighted by Crippen LogP contribution is 2.22. The van der Waals surface area contributed by atoms with Crippen LogP contribution in [0.5, 0.6) is 0 Å². The third kappa shape index (κ3) is 2.22. The van der Waals surface area contributed by atoms with Crippen molar-refractivity contribution in [3.05, 3.63) is 53.1 Å². The zero-order valence-corrected chi connectivity index (χ0v) is 10.0. The number of hydrogen-bond acceptors (Lipinski definition) is 2. The van der Waals surface area contributed by atoms with Gasteiger partial charge in [-0.25, -0.2) is 4.39 Å². The van der Waals surface area contributed by atoms with Gasteiger partial charge in [0.05, 0.1) is 17.4 Å². The van der Waals surface area contributed by atoms with Crippen molar-refractivity contribution in [2.45, 2.75) is 19.4 Å². The molecule has 0 aliphatic carbocycles. The monoisotopic (exact) mass is 233 g/mol. The Kier molecular flexibility index (Phi) is 3.24. The van der Waals surface area contributed by atoms with E-state index in [4.69, 9.17) is 5.73 Å². The van der Waals surface area contributed by atoms with Crippen molar-refractivity contribution in [3.63, 3.8) is 0 Å². The van der Waals surface area contributed by atoms with E-state index in [0.717, 1.165) is 17.8 Å². The second-order valence-corrected chi connectivity index (χ2v) is 4.04. The maximum Gasteiger partial charge on any atom is 0.128 e. The molecule has 3 nitrogen and oxygen atoms in total. The van der Waals surface area contributed by atoms with Gasteiger partial charge in [0.1, 0.15) is 5.82 Å². The van der Waals surface area contributed by atoms with Crippen LogP contribution >= 0.6 is 0 Å². The van der Waals surface area contributed by atoms with Gasteiger partial charge in [-0.2, -0.15) is 5.10 Å². The summed E-state index contributed by atoms with van der Waals surface area (Å²) in [6.45, 7) is 2.03. The summed E-state index contributed by atoms with van der Waals surface area (Å²) in [4.78, 5) is 0. The topological polar surface area (TPSA) is 43.8 Å². The number of benzene rings is 1. The molecule has 0 fully saturated rings. The van der Waals surface area contributed by atoms with Gasteiger partial charge >= 0.3 is 0 Å². The second kappa shape index (κ2) is 4.67. The lowest BCUT2D eigenvalue weighted by molar-refractivity contribution is 0.586. The number of aromatic nitrogens is 2. The van der Waals surface area contributed by atoms with E-state index in [1.54, 1.807) is 22.9 Å². The molecule has 1 aromatic heterocycles. The van der Waals surface area contributed by atoms with Gasteiger partial charge in [-0.05, 0) is 18.6 Å². The third-order valence-corrected chi connectivity index (χ3v) is 2.89. The van der Waals surface area contributed by atoms with Gasteiger partial charge in [0.2, 0.25) is 0 Å². The third-order valence-electron chi connectivity index (χ3n) is 2.89. The van der Waals surface area contributed by atoms with Crippen LogP contribution in [0.1, 0.15) is 29.9 Å². The van der Waals surface area contributed by atoms with E-state index in [2.05, 4.69) is 5.10 Å². The lowest BCUT2D eigenvalue weighted by atomic mass is 10.0. The highest BCUT2D eigenvalue weighted by Gasteiger charge is 2.17. The van der Waals surface area contributed by atoms with E-state index < -0.39 is 6.04 Å². The smallest absolute Gasteiger partial charge is 0.128 e. The fourth-order valence-corrected chi connectivity index (χ4v) is 1.89. The molecule has 90 valence electrons. The molecular formula is C13H16FN3. The van der Waals surface area contributed by atoms with Gasteiger partial charge < -0.3 is 5.73 Å². The van der Waals surface area contributed by atoms with Crippen molar-refractivity contribution in [1.29, 1.82) is 0 Å². The Morgan fingerprint density at radius 1 is 1.41 bits per heavy atom. The van der Waals surface area contributed by atoms with E-state index in [1.807, 2.05) is 20.0 Å². The maximum atomic E-state index is 13.6. The molecule has 0 saturated heterocycles. The molecule has 0 amide bonds. The Morgan fingerprint density at radius 3 is 2.71 bits per heavy atom. The SMILES string of the molecule is CCc1cc(C(N)c2ccccc2F)n(C)n1. The van der Waals surface area contributed by atoms with E-state index in [9.17, 15) is 4.39 Å². The molecule has 0 bridgehead atoms. The summed E-state index contributed by atoms with van der Waals surface area (Å²) in [6.07, 6.45) is 0.845. The first-order valence-corrected chi connectivity index (χ1v) is 5.66. The van der Waals surface area contributed by atoms with E-state index in [-0.39, 0.29) is 5.82 Å². The summed E-state index contributed by atoms with van der Waals surface area (Å²) in [6, 6.07) is 8.03. The lowest BCUT2D eigenvalue weighted by Gasteiger charge is -2.12. The van der Waals surface area contributed by atoms with Crippen molar-refractivity contribution in [2.24, 2.45) is 12.8 Å². The Hall–Kier alpha value is -1.68. The van der Waals surface area contributed by atoms with Crippen LogP contribution in [0, 0.1) is 5.82 Å². The van der Waals surface area contributed by atoms with E-state index in [0.29, 0.717) is 5.56 Å². The van der Waals surface area contributed by atoms with Gasteiger partial charge in [0.25, 0.3) is 0 Å². The number of halogens is 1. The van der Waals surface area contributed by atoms with Gasteiger partial charge in [0, 0.05) is 12.6 Å². The maximum absolute atomic E-state index is 13.6. The molecule has 0 aliphatic rings. The molecular weight excluding hydrogens is 217 g/mol. The quantitative estimate of drug-likeness (QED) is 0.883. The van der Waals surface area contributed by atoms with E-state index in [1.165, 1.54) is 6.07 Å². The summed E-state index contributed by atoms with van der Waals surface area (Å²) in [7, 11) is 1.83. The van der Waals surface area contributed by atoms with Crippen LogP contribution < -0.4 is 5.73 Å². The minimum Gasteiger partial charge on any atom is -0.319 e. The average Bonchev–Trinajstić information content (AvgIpc) is 2.70. The molecule has 4 heteroatoms. The Morgan fingerprint density at radius 2 is 2.12 bits per heavy atom. The number of nitrogens with two attached hydrogens (primary N) is 1. The minimum atomic E-state index is -0.478. The standard InChI is InChI=1S/C13H16FN3/c1-3-9-8-12(17(2)16-9)13(15)10-6-4-5-7-11(10)14/h4-8,13H,3,15H2,1-2H3. The number of rotatable bonds is 3. The summed E-state index contributed by atoms with van der Waals surface area (Å²) in [5.74, 6) is -0.278. The number of aryl methyl sites for hydroxylation is 2. The first-order chi connectivity index (χ1) is 8.13. The first kappa shape index (κ1) is 11.8. The predicted molar refractivity (Wildman–Crippen MR) is 65.0 cm³/mol. The van der Waals surface area contributed by atoms with Crippen molar-refractivity contribution in [1.82, 2.24) is 9.78 Å². The van der Waals surface area contributed by atoms with Gasteiger partial charge in [-0.1, -0.05) is 25.1 Å². The Bertz CT molecular complexity index is 519. The molecule has 2 N–H and O–H groups in total. The fourth-order valence-electron chi connectivity index (χ4n) is 1.89. The summed E-state index contributed by atoms with van der Waals surface area (Å²) in [5, 5.41) is 4.32. The molecule has 17 heavy (non-hydrogen) atoms. The second-order valence-electron chi connectivity index (χ2n) is 4.04. The normalized spacial score (nSPS) is 12.7. The van der Waals surface area contributed by atoms with Crippen LogP contribution in [0.25, 0.3) is 0 Å². The molecule has 0 saturated carbocycles. The molecule has 1 unspecified atom stereocenters. The molecule has 2 rings (SSSR count). The summed E-state index contributed by atoms with van der Waals surface area (Å²) >= 11 is 0. The van der Waals surface area contributed by atoms with Gasteiger partial charge in [-0.15, -0.1) is 0 Å². The zero-order valence-electron chi connectivity index (χ0n) is 10.0. The van der Waals surface area contributed by atoms with Crippen LogP contribution in [0.15, 0.2) is 30.3 Å². The Labute approximate surface area is 100 Å². The first-order valence-electron chi connectivity index (χ1n) is 5.66. The van der Waals surface area contributed by atoms with Crippen LogP contribution in [0.2, 0.25) is 0 Å². The molecule has 1 atom stereocenters. The lowest BCUT2D eigenvalue weighted by Crippen LogP contribution is -2.17. The molecule has 2 aromatic rings. The number of hydrogen-bond donors (Lipinski definition) is 1. The summed E-state index contributed by atoms with van der Waals surface area (Å²) < 4.78 is 15.4. The zero-order chi connectivity index (χ0) is 12.4. The van der Waals surface area contributed by atoms with Crippen molar-refractivity contribution < 1.29 is 4.39 Å². The average molecular weight is 233 g/mol. The molecule has 1 heterocycles. The highest BCUT2D eigenvalue weighted by molar-refractivity contribution is 5.29. The fraction of sp³-hybridized carbons (Fsp3) is 0.308.